The lowest BCUT2D eigenvalue weighted by Crippen LogP contribution is -2.29. The van der Waals surface area contributed by atoms with Gasteiger partial charge in [0.15, 0.2) is 0 Å². The zero-order chi connectivity index (χ0) is 15.7. The molecule has 2 aromatic rings. The summed E-state index contributed by atoms with van der Waals surface area (Å²) in [6.45, 7) is 0. The minimum absolute atomic E-state index is 0.00296. The number of Topliss-reactive ketones (excluding diaryl/α,β-unsaturated/α-hetero) is 1. The minimum atomic E-state index is -0.525. The van der Waals surface area contributed by atoms with Crippen LogP contribution in [0.2, 0.25) is 0 Å². The summed E-state index contributed by atoms with van der Waals surface area (Å²) in [4.78, 5) is 28.5. The molecule has 5 nitrogen and oxygen atoms in total. The summed E-state index contributed by atoms with van der Waals surface area (Å²) < 4.78 is 5.62. The van der Waals surface area contributed by atoms with Gasteiger partial charge in [-0.15, -0.1) is 0 Å². The molecule has 0 saturated carbocycles. The zero-order valence-electron chi connectivity index (χ0n) is 12.6. The molecule has 2 heterocycles. The van der Waals surface area contributed by atoms with Gasteiger partial charge >= 0.3 is 0 Å². The van der Waals surface area contributed by atoms with E-state index in [0.29, 0.717) is 5.56 Å². The van der Waals surface area contributed by atoms with Gasteiger partial charge in [0, 0.05) is 31.2 Å². The van der Waals surface area contributed by atoms with Crippen LogP contribution in [-0.4, -0.2) is 35.7 Å². The van der Waals surface area contributed by atoms with E-state index in [9.17, 15) is 9.59 Å². The molecule has 0 bridgehead atoms. The molecule has 114 valence electrons. The highest BCUT2D eigenvalue weighted by Crippen LogP contribution is 2.30. The Labute approximate surface area is 128 Å². The largest absolute Gasteiger partial charge is 0.494 e. The molecule has 0 radical (unpaired) electrons. The van der Waals surface area contributed by atoms with Crippen molar-refractivity contribution in [3.63, 3.8) is 0 Å². The highest BCUT2D eigenvalue weighted by atomic mass is 16.5. The average molecular weight is 298 g/mol. The molecular weight excluding hydrogens is 280 g/mol. The van der Waals surface area contributed by atoms with Gasteiger partial charge in [0.05, 0.1) is 11.8 Å². The highest BCUT2D eigenvalue weighted by molar-refractivity contribution is 6.44. The van der Waals surface area contributed by atoms with Gasteiger partial charge in [-0.05, 0) is 36.6 Å². The molecule has 1 aliphatic heterocycles. The molecule has 0 spiro atoms. The second-order valence-corrected chi connectivity index (χ2v) is 5.61. The van der Waals surface area contributed by atoms with E-state index in [1.165, 1.54) is 4.90 Å². The number of aromatic amines is 1. The second-order valence-electron chi connectivity index (χ2n) is 5.61. The lowest BCUT2D eigenvalue weighted by molar-refractivity contribution is -0.124. The minimum Gasteiger partial charge on any atom is -0.494 e. The third-order valence-corrected chi connectivity index (χ3v) is 3.86. The van der Waals surface area contributed by atoms with Crippen molar-refractivity contribution in [3.05, 3.63) is 47.9 Å². The third kappa shape index (κ3) is 2.50. The van der Waals surface area contributed by atoms with Crippen molar-refractivity contribution in [1.29, 1.82) is 0 Å². The molecular formula is C17H18N2O3. The van der Waals surface area contributed by atoms with Gasteiger partial charge in [0.1, 0.15) is 6.10 Å². The first-order valence-corrected chi connectivity index (χ1v) is 7.25. The fraction of sp³-hybridized carbons (Fsp3) is 0.294. The van der Waals surface area contributed by atoms with Gasteiger partial charge in [-0.2, -0.15) is 0 Å². The Kier molecular flexibility index (Phi) is 3.71. The second kappa shape index (κ2) is 5.67. The molecule has 5 heteroatoms. The Morgan fingerprint density at radius 2 is 2.14 bits per heavy atom. The summed E-state index contributed by atoms with van der Waals surface area (Å²) in [5, 5.41) is 0.760. The molecule has 0 fully saturated rings. The molecule has 1 aliphatic rings. The molecule has 1 aromatic heterocycles. The van der Waals surface area contributed by atoms with Crippen molar-refractivity contribution < 1.29 is 14.3 Å². The predicted molar refractivity (Wildman–Crippen MR) is 83.5 cm³/mol. The van der Waals surface area contributed by atoms with Gasteiger partial charge in [-0.25, -0.2) is 0 Å². The summed E-state index contributed by atoms with van der Waals surface area (Å²) in [5.41, 5.74) is 2.26. The van der Waals surface area contributed by atoms with Gasteiger partial charge in [0.2, 0.25) is 0 Å². The Morgan fingerprint density at radius 3 is 2.82 bits per heavy atom. The van der Waals surface area contributed by atoms with Crippen LogP contribution in [0.5, 0.6) is 0 Å². The van der Waals surface area contributed by atoms with Crippen molar-refractivity contribution in [2.45, 2.75) is 18.9 Å². The fourth-order valence-electron chi connectivity index (χ4n) is 2.62. The lowest BCUT2D eigenvalue weighted by Gasteiger charge is -2.19. The molecule has 1 atom stereocenters. The van der Waals surface area contributed by atoms with Crippen molar-refractivity contribution in [3.8, 4) is 0 Å². The van der Waals surface area contributed by atoms with Crippen LogP contribution < -0.4 is 0 Å². The van der Waals surface area contributed by atoms with Crippen LogP contribution in [0.3, 0.4) is 0 Å². The number of ketones is 1. The number of likely N-dealkylation sites (N-methyl/N-ethyl adjacent to an activating group) is 1. The molecule has 1 aromatic carbocycles. The number of amides is 1. The van der Waals surface area contributed by atoms with Crippen LogP contribution in [0.15, 0.2) is 36.7 Å². The Balaban J connectivity index is 2.00. The van der Waals surface area contributed by atoms with Gasteiger partial charge in [0.25, 0.3) is 11.7 Å². The number of nitrogens with one attached hydrogen (secondary N) is 1. The number of carbonyl (C=O) groups is 2. The first kappa shape index (κ1) is 14.4. The van der Waals surface area contributed by atoms with E-state index >= 15 is 0 Å². The summed E-state index contributed by atoms with van der Waals surface area (Å²) in [6.07, 6.45) is 7.19. The number of allylic oxidation sites excluding steroid dienone is 1. The van der Waals surface area contributed by atoms with E-state index in [1.54, 1.807) is 26.6 Å². The Hall–Kier alpha value is -2.56. The summed E-state index contributed by atoms with van der Waals surface area (Å²) >= 11 is 0. The van der Waals surface area contributed by atoms with Crippen LogP contribution in [0.4, 0.5) is 0 Å². The maximum absolute atomic E-state index is 12.3. The maximum atomic E-state index is 12.3. The van der Waals surface area contributed by atoms with Crippen LogP contribution in [-0.2, 0) is 9.53 Å². The zero-order valence-corrected chi connectivity index (χ0v) is 12.6. The molecule has 0 saturated heterocycles. The lowest BCUT2D eigenvalue weighted by atomic mass is 9.99. The number of hydrogen-bond donors (Lipinski definition) is 1. The first-order valence-electron chi connectivity index (χ1n) is 7.25. The SMILES string of the molecule is CN(C)C(=O)C(=O)c1c[nH]c2ccc(C3CCC=CO3)cc12. The van der Waals surface area contributed by atoms with E-state index in [0.717, 1.165) is 29.3 Å². The summed E-state index contributed by atoms with van der Waals surface area (Å²) in [7, 11) is 3.14. The number of hydrogen-bond acceptors (Lipinski definition) is 3. The van der Waals surface area contributed by atoms with E-state index < -0.39 is 11.7 Å². The van der Waals surface area contributed by atoms with Crippen LogP contribution >= 0.6 is 0 Å². The molecule has 0 aliphatic carbocycles. The molecule has 1 N–H and O–H groups in total. The standard InChI is InChI=1S/C17H18N2O3/c1-19(2)17(21)16(20)13-10-18-14-7-6-11(9-12(13)14)15-5-3-4-8-22-15/h4,6-10,15,18H,3,5H2,1-2H3. The number of ether oxygens (including phenoxy) is 1. The maximum Gasteiger partial charge on any atom is 0.294 e. The van der Waals surface area contributed by atoms with Gasteiger partial charge in [-0.3, -0.25) is 9.59 Å². The quantitative estimate of drug-likeness (QED) is 0.700. The number of benzene rings is 1. The molecule has 1 unspecified atom stereocenters. The number of H-pyrrole nitrogens is 1. The van der Waals surface area contributed by atoms with E-state index in [4.69, 9.17) is 4.74 Å². The number of fused-ring (bicyclic) bond motifs is 1. The summed E-state index contributed by atoms with van der Waals surface area (Å²) in [6, 6.07) is 5.85. The van der Waals surface area contributed by atoms with E-state index in [2.05, 4.69) is 4.98 Å². The Bertz CT molecular complexity index is 758. The number of rotatable bonds is 3. The Morgan fingerprint density at radius 1 is 1.32 bits per heavy atom. The van der Waals surface area contributed by atoms with Crippen LogP contribution in [0.1, 0.15) is 34.9 Å². The van der Waals surface area contributed by atoms with Gasteiger partial charge < -0.3 is 14.6 Å². The van der Waals surface area contributed by atoms with Crippen molar-refractivity contribution in [2.24, 2.45) is 0 Å². The molecule has 22 heavy (non-hydrogen) atoms. The summed E-state index contributed by atoms with van der Waals surface area (Å²) in [5.74, 6) is -1.03. The average Bonchev–Trinajstić information content (AvgIpc) is 2.97. The number of nitrogens with zero attached hydrogens (tertiary/aromatic N) is 1. The molecule has 1 amide bonds. The van der Waals surface area contributed by atoms with Crippen molar-refractivity contribution in [2.75, 3.05) is 14.1 Å². The third-order valence-electron chi connectivity index (χ3n) is 3.86. The number of aromatic nitrogens is 1. The fourth-order valence-corrected chi connectivity index (χ4v) is 2.62. The molecule has 3 rings (SSSR count). The highest BCUT2D eigenvalue weighted by Gasteiger charge is 2.22. The van der Waals surface area contributed by atoms with E-state index in [1.807, 2.05) is 24.3 Å². The normalized spacial score (nSPS) is 17.3. The van der Waals surface area contributed by atoms with Crippen LogP contribution in [0.25, 0.3) is 10.9 Å². The smallest absolute Gasteiger partial charge is 0.294 e. The van der Waals surface area contributed by atoms with Crippen molar-refractivity contribution in [1.82, 2.24) is 9.88 Å². The van der Waals surface area contributed by atoms with Gasteiger partial charge in [-0.1, -0.05) is 6.07 Å². The topological polar surface area (TPSA) is 62.4 Å². The van der Waals surface area contributed by atoms with E-state index in [-0.39, 0.29) is 6.10 Å². The van der Waals surface area contributed by atoms with Crippen molar-refractivity contribution >= 4 is 22.6 Å². The monoisotopic (exact) mass is 298 g/mol. The predicted octanol–water partition coefficient (Wildman–Crippen LogP) is 2.80. The first-order chi connectivity index (χ1) is 10.6. The van der Waals surface area contributed by atoms with Crippen LogP contribution in [0, 0.1) is 0 Å². The number of carbonyl (C=O) groups excluding carboxylic acids is 2.